The lowest BCUT2D eigenvalue weighted by molar-refractivity contribution is 1.18. The van der Waals surface area contributed by atoms with Crippen LogP contribution in [0, 0.1) is 0 Å². The van der Waals surface area contributed by atoms with Gasteiger partial charge >= 0.3 is 0 Å². The first-order valence-corrected chi connectivity index (χ1v) is 14.1. The molecule has 0 saturated carbocycles. The van der Waals surface area contributed by atoms with Crippen molar-refractivity contribution in [1.82, 2.24) is 9.13 Å². The van der Waals surface area contributed by atoms with Crippen molar-refractivity contribution in [3.63, 3.8) is 0 Å². The van der Waals surface area contributed by atoms with Gasteiger partial charge in [0.15, 0.2) is 0 Å². The molecule has 44 heavy (non-hydrogen) atoms. The number of hydrogen-bond donors (Lipinski definition) is 0. The maximum Gasteiger partial charge on any atom is 0.0645 e. The predicted octanol–water partition coefficient (Wildman–Crippen LogP) is 11.2. The van der Waals surface area contributed by atoms with Crippen LogP contribution in [0.5, 0.6) is 0 Å². The van der Waals surface area contributed by atoms with Crippen molar-refractivity contribution in [3.05, 3.63) is 170 Å². The molecule has 0 aliphatic rings. The summed E-state index contributed by atoms with van der Waals surface area (Å²) in [5.74, 6) is 0. The summed E-state index contributed by atoms with van der Waals surface area (Å²) in [5, 5.41) is 1.35. The number of benzene rings is 7. The van der Waals surface area contributed by atoms with E-state index in [0.29, 0.717) is 38.6 Å². The third-order valence-electron chi connectivity index (χ3n) is 8.03. The van der Waals surface area contributed by atoms with Crippen LogP contribution in [0.3, 0.4) is 0 Å². The molecule has 9 rings (SSSR count). The minimum Gasteiger partial charge on any atom is -0.309 e. The highest BCUT2D eigenvalue weighted by Crippen LogP contribution is 2.41. The van der Waals surface area contributed by atoms with E-state index in [1.807, 2.05) is 47.0 Å². The number of rotatable bonds is 4. The monoisotopic (exact) mass is 572 g/mol. The van der Waals surface area contributed by atoms with Crippen LogP contribution < -0.4 is 0 Å². The minimum atomic E-state index is -0.504. The third-order valence-corrected chi connectivity index (χ3v) is 8.03. The van der Waals surface area contributed by atoms with Gasteiger partial charge in [-0.25, -0.2) is 0 Å². The summed E-state index contributed by atoms with van der Waals surface area (Å²) in [7, 11) is 0. The van der Waals surface area contributed by atoms with Gasteiger partial charge in [0, 0.05) is 32.9 Å². The zero-order chi connectivity index (χ0) is 39.5. The molecule has 206 valence electrons. The molecule has 0 N–H and O–H groups in total. The van der Waals surface area contributed by atoms with Gasteiger partial charge in [0.05, 0.1) is 38.5 Å². The fourth-order valence-corrected chi connectivity index (χ4v) is 6.17. The molecule has 0 fully saturated rings. The summed E-state index contributed by atoms with van der Waals surface area (Å²) >= 11 is 0. The Bertz CT molecular complexity index is 3120. The molecule has 0 aliphatic carbocycles. The molecule has 9 aromatic rings. The first-order chi connectivity index (χ1) is 26.8. The Hall–Kier alpha value is -5.86. The Morgan fingerprint density at radius 1 is 0.409 bits per heavy atom. The van der Waals surface area contributed by atoms with Crippen LogP contribution in [0.15, 0.2) is 170 Å². The largest absolute Gasteiger partial charge is 0.309 e. The quantitative estimate of drug-likeness (QED) is 0.198. The predicted molar refractivity (Wildman–Crippen MR) is 186 cm³/mol. The normalized spacial score (nSPS) is 15.5. The number of aromatic nitrogens is 2. The Balaban J connectivity index is 1.43. The molecule has 7 aromatic carbocycles. The summed E-state index contributed by atoms with van der Waals surface area (Å²) in [6, 6.07) is 24.5. The topological polar surface area (TPSA) is 9.86 Å². The lowest BCUT2D eigenvalue weighted by atomic mass is 9.97. The van der Waals surface area contributed by atoms with Crippen LogP contribution in [0.25, 0.3) is 77.2 Å². The molecule has 0 radical (unpaired) electrons. The van der Waals surface area contributed by atoms with E-state index in [1.165, 1.54) is 4.57 Å². The fraction of sp³-hybridized carbons (Fsp3) is 0. The molecule has 0 unspecified atom stereocenters. The van der Waals surface area contributed by atoms with Crippen LogP contribution in [-0.2, 0) is 0 Å². The lowest BCUT2D eigenvalue weighted by Gasteiger charge is -2.09. The molecule has 2 nitrogen and oxygen atoms in total. The smallest absolute Gasteiger partial charge is 0.0645 e. The van der Waals surface area contributed by atoms with Gasteiger partial charge in [0.2, 0.25) is 0 Å². The Morgan fingerprint density at radius 2 is 1.09 bits per heavy atom. The highest BCUT2D eigenvalue weighted by atomic mass is 15.0. The molecular weight excluding hydrogens is 532 g/mol. The Morgan fingerprint density at radius 3 is 1.86 bits per heavy atom. The zero-order valence-corrected chi connectivity index (χ0v) is 23.1. The zero-order valence-electron chi connectivity index (χ0n) is 35.1. The SMILES string of the molecule is [2H]c1c([2H])c([2H])c(-c2cccc3c2c2cc(-c4c([2H])c([2H])c5c(c4[2H])c4c([2H])c([2H])c([2H])c([2H])c4n5-c4ccccc4)ccc2n3-c2ccccc2)c([2H])c1[2H]. The molecule has 0 bridgehead atoms. The van der Waals surface area contributed by atoms with E-state index in [2.05, 4.69) is 0 Å². The van der Waals surface area contributed by atoms with E-state index < -0.39 is 30.2 Å². The fourth-order valence-electron chi connectivity index (χ4n) is 6.17. The molecule has 0 amide bonds. The lowest BCUT2D eigenvalue weighted by Crippen LogP contribution is -1.93. The van der Waals surface area contributed by atoms with Gasteiger partial charge in [-0.15, -0.1) is 0 Å². The number of fused-ring (bicyclic) bond motifs is 6. The standard InChI is InChI=1S/C42H28N2/c1-4-13-29(14-5-1)34-20-12-22-41-42(34)37-28-31(24-26-40(37)44(41)33-17-8-3-9-18-33)30-23-25-39-36(27-30)35-19-10-11-21-38(35)43(39)32-15-6-2-7-16-32/h1-28H/i1D,4D,5D,10D,11D,13D,14D,19D,21D,23D,25D,27D. The van der Waals surface area contributed by atoms with E-state index in [9.17, 15) is 4.11 Å². The second-order valence-corrected chi connectivity index (χ2v) is 10.5. The molecule has 2 heterocycles. The number of nitrogens with zero attached hydrogens (tertiary/aromatic N) is 2. The maximum absolute atomic E-state index is 9.69. The average molecular weight is 573 g/mol. The Kier molecular flexibility index (Phi) is 3.49. The number of hydrogen-bond acceptors (Lipinski definition) is 0. The Labute approximate surface area is 272 Å². The maximum atomic E-state index is 9.69. The molecule has 0 atom stereocenters. The van der Waals surface area contributed by atoms with Crippen LogP contribution in [0.4, 0.5) is 0 Å². The summed E-state index contributed by atoms with van der Waals surface area (Å²) in [6.07, 6.45) is 0. The summed E-state index contributed by atoms with van der Waals surface area (Å²) in [5.41, 5.74) is 3.79. The second kappa shape index (κ2) is 9.86. The summed E-state index contributed by atoms with van der Waals surface area (Å²) < 4.78 is 110. The molecular formula is C42H28N2. The van der Waals surface area contributed by atoms with Gasteiger partial charge < -0.3 is 9.13 Å². The van der Waals surface area contributed by atoms with Crippen LogP contribution in [0.2, 0.25) is 0 Å². The van der Waals surface area contributed by atoms with Gasteiger partial charge in [-0.3, -0.25) is 0 Å². The van der Waals surface area contributed by atoms with Crippen LogP contribution in [0.1, 0.15) is 16.4 Å². The first-order valence-electron chi connectivity index (χ1n) is 20.1. The molecule has 0 aliphatic heterocycles. The van der Waals surface area contributed by atoms with E-state index in [0.717, 1.165) is 5.69 Å². The van der Waals surface area contributed by atoms with Crippen molar-refractivity contribution in [2.45, 2.75) is 0 Å². The van der Waals surface area contributed by atoms with Crippen molar-refractivity contribution in [2.24, 2.45) is 0 Å². The van der Waals surface area contributed by atoms with Gasteiger partial charge in [-0.1, -0.05) is 109 Å². The van der Waals surface area contributed by atoms with Gasteiger partial charge in [0.25, 0.3) is 0 Å². The van der Waals surface area contributed by atoms with Crippen molar-refractivity contribution in [2.75, 3.05) is 0 Å². The van der Waals surface area contributed by atoms with Crippen molar-refractivity contribution in [3.8, 4) is 33.6 Å². The summed E-state index contributed by atoms with van der Waals surface area (Å²) in [4.78, 5) is 0. The van der Waals surface area contributed by atoms with E-state index in [-0.39, 0.29) is 75.2 Å². The average Bonchev–Trinajstić information content (AvgIpc) is 3.75. The summed E-state index contributed by atoms with van der Waals surface area (Å²) in [6.45, 7) is 0. The third kappa shape index (κ3) is 3.75. The van der Waals surface area contributed by atoms with Gasteiger partial charge in [0.1, 0.15) is 0 Å². The first kappa shape index (κ1) is 15.6. The second-order valence-electron chi connectivity index (χ2n) is 10.5. The van der Waals surface area contributed by atoms with Gasteiger partial charge in [-0.2, -0.15) is 0 Å². The van der Waals surface area contributed by atoms with Crippen LogP contribution >= 0.6 is 0 Å². The van der Waals surface area contributed by atoms with Crippen molar-refractivity contribution in [1.29, 1.82) is 0 Å². The molecule has 2 aromatic heterocycles. The number of para-hydroxylation sites is 3. The highest BCUT2D eigenvalue weighted by molar-refractivity contribution is 6.17. The minimum absolute atomic E-state index is 0.0270. The molecule has 0 spiro atoms. The van der Waals surface area contributed by atoms with Gasteiger partial charge in [-0.05, 0) is 82.8 Å². The molecule has 2 heteroatoms. The highest BCUT2D eigenvalue weighted by Gasteiger charge is 2.18. The van der Waals surface area contributed by atoms with Crippen molar-refractivity contribution < 1.29 is 16.4 Å². The van der Waals surface area contributed by atoms with Crippen molar-refractivity contribution >= 4 is 43.6 Å². The van der Waals surface area contributed by atoms with E-state index >= 15 is 0 Å². The van der Waals surface area contributed by atoms with E-state index in [1.54, 1.807) is 54.6 Å². The van der Waals surface area contributed by atoms with E-state index in [4.69, 9.17) is 12.3 Å². The van der Waals surface area contributed by atoms with Crippen LogP contribution in [-0.4, -0.2) is 9.13 Å². The molecule has 0 saturated heterocycles.